The van der Waals surface area contributed by atoms with Gasteiger partial charge < -0.3 is 5.73 Å². The van der Waals surface area contributed by atoms with Crippen LogP contribution in [0.2, 0.25) is 0 Å². The molecule has 0 aromatic heterocycles. The van der Waals surface area contributed by atoms with E-state index in [0.717, 1.165) is 0 Å². The Morgan fingerprint density at radius 3 is 2.90 bits per heavy atom. The molecule has 1 aliphatic rings. The number of carbonyl (C=O) groups is 2. The van der Waals surface area contributed by atoms with Crippen molar-refractivity contribution in [2.24, 2.45) is 5.73 Å². The quantitative estimate of drug-likeness (QED) is 0.620. The molecular weight excluding hydrogens is 281 g/mol. The minimum atomic E-state index is -0.509. The van der Waals surface area contributed by atoms with E-state index in [2.05, 4.69) is 5.32 Å². The number of nitrogens with zero attached hydrogens (tertiary/aromatic N) is 1. The topological polar surface area (TPSA) is 75.4 Å². The monoisotopic (exact) mass is 295 g/mol. The van der Waals surface area contributed by atoms with Crippen LogP contribution in [0.3, 0.4) is 0 Å². The third-order valence-corrected chi connectivity index (χ3v) is 3.47. The van der Waals surface area contributed by atoms with Gasteiger partial charge in [-0.25, -0.2) is 4.39 Å². The number of carbonyl (C=O) groups excluding carboxylic acids is 2. The SMILES string of the molecule is CC1C(=O)NC(=O)CN1Cc1cccc(C(N)=S)c1F. The van der Waals surface area contributed by atoms with Crippen molar-refractivity contribution in [2.45, 2.75) is 19.5 Å². The van der Waals surface area contributed by atoms with Crippen LogP contribution in [-0.4, -0.2) is 34.3 Å². The molecule has 2 amide bonds. The van der Waals surface area contributed by atoms with E-state index < -0.39 is 11.9 Å². The first-order chi connectivity index (χ1) is 9.40. The van der Waals surface area contributed by atoms with E-state index >= 15 is 0 Å². The average molecular weight is 295 g/mol. The molecule has 1 aromatic rings. The summed E-state index contributed by atoms with van der Waals surface area (Å²) in [6, 6.07) is 4.23. The summed E-state index contributed by atoms with van der Waals surface area (Å²) in [5, 5.41) is 2.23. The highest BCUT2D eigenvalue weighted by molar-refractivity contribution is 7.80. The summed E-state index contributed by atoms with van der Waals surface area (Å²) in [5.74, 6) is -1.28. The van der Waals surface area contributed by atoms with Gasteiger partial charge in [-0.3, -0.25) is 19.8 Å². The first-order valence-electron chi connectivity index (χ1n) is 6.05. The molecule has 1 fully saturated rings. The highest BCUT2D eigenvalue weighted by Crippen LogP contribution is 2.17. The molecule has 0 bridgehead atoms. The van der Waals surface area contributed by atoms with Gasteiger partial charge in [-0.2, -0.15) is 0 Å². The van der Waals surface area contributed by atoms with Crippen LogP contribution in [0.4, 0.5) is 4.39 Å². The van der Waals surface area contributed by atoms with Crippen molar-refractivity contribution in [1.29, 1.82) is 0 Å². The zero-order valence-electron chi connectivity index (χ0n) is 10.9. The molecule has 1 heterocycles. The number of amides is 2. The number of thiocarbonyl (C=S) groups is 1. The molecule has 7 heteroatoms. The normalized spacial score (nSPS) is 19.8. The van der Waals surface area contributed by atoms with Crippen LogP contribution in [0.1, 0.15) is 18.1 Å². The number of hydrogen-bond donors (Lipinski definition) is 2. The minimum absolute atomic E-state index is 0.0233. The van der Waals surface area contributed by atoms with Crippen molar-refractivity contribution in [2.75, 3.05) is 6.54 Å². The van der Waals surface area contributed by atoms with Crippen molar-refractivity contribution in [3.05, 3.63) is 35.1 Å². The summed E-state index contributed by atoms with van der Waals surface area (Å²) >= 11 is 4.78. The van der Waals surface area contributed by atoms with Crippen LogP contribution in [0.25, 0.3) is 0 Å². The molecule has 2 rings (SSSR count). The summed E-state index contributed by atoms with van der Waals surface area (Å²) in [6.07, 6.45) is 0. The van der Waals surface area contributed by atoms with Crippen LogP contribution in [-0.2, 0) is 16.1 Å². The highest BCUT2D eigenvalue weighted by Gasteiger charge is 2.30. The minimum Gasteiger partial charge on any atom is -0.389 e. The zero-order valence-corrected chi connectivity index (χ0v) is 11.7. The summed E-state index contributed by atoms with van der Waals surface area (Å²) < 4.78 is 14.2. The molecule has 106 valence electrons. The molecule has 3 N–H and O–H groups in total. The van der Waals surface area contributed by atoms with E-state index in [1.54, 1.807) is 24.0 Å². The Labute approximate surface area is 120 Å². The van der Waals surface area contributed by atoms with Gasteiger partial charge in [0.1, 0.15) is 10.8 Å². The first kappa shape index (κ1) is 14.5. The van der Waals surface area contributed by atoms with E-state index in [0.29, 0.717) is 5.56 Å². The Morgan fingerprint density at radius 1 is 1.55 bits per heavy atom. The van der Waals surface area contributed by atoms with Crippen molar-refractivity contribution in [3.63, 3.8) is 0 Å². The second-order valence-corrected chi connectivity index (χ2v) is 5.08. The molecule has 0 spiro atoms. The zero-order chi connectivity index (χ0) is 14.9. The Kier molecular flexibility index (Phi) is 4.10. The number of nitrogens with two attached hydrogens (primary N) is 1. The molecule has 1 saturated heterocycles. The Hall–Kier alpha value is -1.86. The molecule has 20 heavy (non-hydrogen) atoms. The van der Waals surface area contributed by atoms with Crippen molar-refractivity contribution >= 4 is 29.0 Å². The van der Waals surface area contributed by atoms with Crippen molar-refractivity contribution in [1.82, 2.24) is 10.2 Å². The van der Waals surface area contributed by atoms with E-state index in [1.807, 2.05) is 0 Å². The molecule has 1 atom stereocenters. The molecule has 0 saturated carbocycles. The predicted molar refractivity (Wildman–Crippen MR) is 75.3 cm³/mol. The fourth-order valence-electron chi connectivity index (χ4n) is 2.07. The Morgan fingerprint density at radius 2 is 2.25 bits per heavy atom. The van der Waals surface area contributed by atoms with Crippen LogP contribution in [0, 0.1) is 5.82 Å². The van der Waals surface area contributed by atoms with Crippen LogP contribution >= 0.6 is 12.2 Å². The Bertz CT molecular complexity index is 591. The summed E-state index contributed by atoms with van der Waals surface area (Å²) in [4.78, 5) is 24.5. The van der Waals surface area contributed by atoms with Gasteiger partial charge in [0.05, 0.1) is 12.6 Å². The lowest BCUT2D eigenvalue weighted by Crippen LogP contribution is -2.56. The van der Waals surface area contributed by atoms with Gasteiger partial charge in [0, 0.05) is 17.7 Å². The third-order valence-electron chi connectivity index (χ3n) is 3.25. The fourth-order valence-corrected chi connectivity index (χ4v) is 2.23. The number of halogens is 1. The van der Waals surface area contributed by atoms with Gasteiger partial charge in [-0.15, -0.1) is 0 Å². The largest absolute Gasteiger partial charge is 0.389 e. The van der Waals surface area contributed by atoms with Gasteiger partial charge in [0.25, 0.3) is 0 Å². The summed E-state index contributed by atoms with van der Waals surface area (Å²) in [6.45, 7) is 1.85. The number of imide groups is 1. The van der Waals surface area contributed by atoms with E-state index in [4.69, 9.17) is 18.0 Å². The summed E-state index contributed by atoms with van der Waals surface area (Å²) in [5.41, 5.74) is 5.96. The molecule has 5 nitrogen and oxygen atoms in total. The smallest absolute Gasteiger partial charge is 0.243 e. The second-order valence-electron chi connectivity index (χ2n) is 4.64. The van der Waals surface area contributed by atoms with Crippen LogP contribution in [0.15, 0.2) is 18.2 Å². The lowest BCUT2D eigenvalue weighted by Gasteiger charge is -2.31. The first-order valence-corrected chi connectivity index (χ1v) is 6.46. The predicted octanol–water partition coefficient (Wildman–Crippen LogP) is 0.307. The van der Waals surface area contributed by atoms with Crippen molar-refractivity contribution in [3.8, 4) is 0 Å². The fraction of sp³-hybridized carbons (Fsp3) is 0.308. The number of benzene rings is 1. The van der Waals surface area contributed by atoms with E-state index in [9.17, 15) is 14.0 Å². The Balaban J connectivity index is 2.25. The maximum atomic E-state index is 14.2. The van der Waals surface area contributed by atoms with Crippen LogP contribution in [0.5, 0.6) is 0 Å². The maximum absolute atomic E-state index is 14.2. The average Bonchev–Trinajstić information content (AvgIpc) is 2.37. The number of nitrogens with one attached hydrogen (secondary N) is 1. The van der Waals surface area contributed by atoms with Crippen molar-refractivity contribution < 1.29 is 14.0 Å². The maximum Gasteiger partial charge on any atom is 0.243 e. The van der Waals surface area contributed by atoms with Gasteiger partial charge in [0.2, 0.25) is 11.8 Å². The van der Waals surface area contributed by atoms with Gasteiger partial charge in [-0.1, -0.05) is 24.4 Å². The molecule has 0 aliphatic carbocycles. The molecule has 1 aliphatic heterocycles. The standard InChI is InChI=1S/C13H14FN3O2S/c1-7-13(19)16-10(18)6-17(7)5-8-3-2-4-9(11(8)14)12(15)20/h2-4,7H,5-6H2,1H3,(H2,15,20)(H,16,18,19). The van der Waals surface area contributed by atoms with E-state index in [1.165, 1.54) is 6.07 Å². The lowest BCUT2D eigenvalue weighted by molar-refractivity contribution is -0.139. The highest BCUT2D eigenvalue weighted by atomic mass is 32.1. The lowest BCUT2D eigenvalue weighted by atomic mass is 10.1. The number of piperazine rings is 1. The summed E-state index contributed by atoms with van der Waals surface area (Å²) in [7, 11) is 0. The van der Waals surface area contributed by atoms with E-state index in [-0.39, 0.29) is 35.5 Å². The molecule has 0 radical (unpaired) electrons. The second kappa shape index (κ2) is 5.64. The molecular formula is C13H14FN3O2S. The van der Waals surface area contributed by atoms with Gasteiger partial charge >= 0.3 is 0 Å². The van der Waals surface area contributed by atoms with Gasteiger partial charge in [-0.05, 0) is 13.0 Å². The molecule has 1 aromatic carbocycles. The number of rotatable bonds is 3. The van der Waals surface area contributed by atoms with Gasteiger partial charge in [0.15, 0.2) is 0 Å². The van der Waals surface area contributed by atoms with Crippen LogP contribution < -0.4 is 11.1 Å². The third kappa shape index (κ3) is 2.83. The number of hydrogen-bond acceptors (Lipinski definition) is 4. The molecule has 1 unspecified atom stereocenters.